The Morgan fingerprint density at radius 3 is 2.48 bits per heavy atom. The van der Waals surface area contributed by atoms with Crippen molar-refractivity contribution < 1.29 is 14.3 Å². The lowest BCUT2D eigenvalue weighted by Gasteiger charge is -2.41. The molecule has 5 heteroatoms. The third kappa shape index (κ3) is 4.18. The van der Waals surface area contributed by atoms with Gasteiger partial charge in [0, 0.05) is 39.5 Å². The molecule has 0 saturated carbocycles. The fraction of sp³-hybridized carbons (Fsp3) is 0.938. The molecule has 2 N–H and O–H groups in total. The molecule has 2 heterocycles. The van der Waals surface area contributed by atoms with Crippen LogP contribution in [0.4, 0.5) is 0 Å². The zero-order chi connectivity index (χ0) is 15.3. The maximum Gasteiger partial charge on any atom is 0.230 e. The van der Waals surface area contributed by atoms with Gasteiger partial charge in [-0.25, -0.2) is 0 Å². The van der Waals surface area contributed by atoms with Crippen molar-refractivity contribution in [3.63, 3.8) is 0 Å². The molecule has 0 bridgehead atoms. The minimum absolute atomic E-state index is 0.232. The van der Waals surface area contributed by atoms with E-state index >= 15 is 0 Å². The summed E-state index contributed by atoms with van der Waals surface area (Å²) in [5.41, 5.74) is 5.54. The molecule has 0 aromatic rings. The van der Waals surface area contributed by atoms with Crippen LogP contribution in [0.25, 0.3) is 0 Å². The SMILES string of the molecule is CC(C)COC1CCN(C(=O)C2(CN)CCOCC2)CC1. The first-order chi connectivity index (χ1) is 10.1. The van der Waals surface area contributed by atoms with Crippen LogP contribution in [0.2, 0.25) is 0 Å². The van der Waals surface area contributed by atoms with Crippen molar-refractivity contribution in [1.82, 2.24) is 4.90 Å². The first-order valence-electron chi connectivity index (χ1n) is 8.26. The Labute approximate surface area is 128 Å². The van der Waals surface area contributed by atoms with Crippen molar-refractivity contribution in [2.45, 2.75) is 45.6 Å². The van der Waals surface area contributed by atoms with Gasteiger partial charge in [-0.15, -0.1) is 0 Å². The Balaban J connectivity index is 1.84. The number of rotatable bonds is 5. The minimum atomic E-state index is -0.385. The van der Waals surface area contributed by atoms with Crippen LogP contribution in [0.5, 0.6) is 0 Å². The highest BCUT2D eigenvalue weighted by atomic mass is 16.5. The summed E-state index contributed by atoms with van der Waals surface area (Å²) in [6.45, 7) is 8.45. The summed E-state index contributed by atoms with van der Waals surface area (Å²) in [7, 11) is 0. The maximum atomic E-state index is 12.8. The molecule has 0 aliphatic carbocycles. The smallest absolute Gasteiger partial charge is 0.230 e. The molecule has 2 rings (SSSR count). The van der Waals surface area contributed by atoms with Crippen LogP contribution < -0.4 is 5.73 Å². The van der Waals surface area contributed by atoms with Gasteiger partial charge in [0.15, 0.2) is 0 Å². The average Bonchev–Trinajstić information content (AvgIpc) is 2.53. The van der Waals surface area contributed by atoms with Crippen LogP contribution >= 0.6 is 0 Å². The molecule has 2 aliphatic heterocycles. The van der Waals surface area contributed by atoms with Gasteiger partial charge in [-0.3, -0.25) is 4.79 Å². The lowest BCUT2D eigenvalue weighted by molar-refractivity contribution is -0.150. The number of hydrogen-bond acceptors (Lipinski definition) is 4. The van der Waals surface area contributed by atoms with Crippen molar-refractivity contribution in [2.24, 2.45) is 17.1 Å². The van der Waals surface area contributed by atoms with Gasteiger partial charge in [-0.2, -0.15) is 0 Å². The molecule has 1 amide bonds. The van der Waals surface area contributed by atoms with Crippen LogP contribution in [0.3, 0.4) is 0 Å². The number of likely N-dealkylation sites (tertiary alicyclic amines) is 1. The van der Waals surface area contributed by atoms with Crippen molar-refractivity contribution in [3.05, 3.63) is 0 Å². The van der Waals surface area contributed by atoms with Crippen molar-refractivity contribution in [2.75, 3.05) is 39.5 Å². The summed E-state index contributed by atoms with van der Waals surface area (Å²) in [4.78, 5) is 14.8. The Kier molecular flexibility index (Phi) is 6.02. The highest BCUT2D eigenvalue weighted by Crippen LogP contribution is 2.32. The summed E-state index contributed by atoms with van der Waals surface area (Å²) < 4.78 is 11.3. The normalized spacial score (nSPS) is 23.5. The molecule has 2 aliphatic rings. The number of amides is 1. The zero-order valence-electron chi connectivity index (χ0n) is 13.5. The standard InChI is InChI=1S/C16H30N2O3/c1-13(2)11-21-14-3-7-18(8-4-14)15(19)16(12-17)5-9-20-10-6-16/h13-14H,3-12,17H2,1-2H3. The van der Waals surface area contributed by atoms with Crippen molar-refractivity contribution in [3.8, 4) is 0 Å². The quantitative estimate of drug-likeness (QED) is 0.833. The summed E-state index contributed by atoms with van der Waals surface area (Å²) in [5.74, 6) is 0.794. The van der Waals surface area contributed by atoms with Crippen LogP contribution in [0, 0.1) is 11.3 Å². The maximum absolute atomic E-state index is 12.8. The lowest BCUT2D eigenvalue weighted by atomic mass is 9.78. The molecular weight excluding hydrogens is 268 g/mol. The van der Waals surface area contributed by atoms with E-state index in [0.717, 1.165) is 45.4 Å². The molecule has 2 saturated heterocycles. The lowest BCUT2D eigenvalue weighted by Crippen LogP contribution is -2.53. The number of nitrogens with two attached hydrogens (primary N) is 1. The summed E-state index contributed by atoms with van der Waals surface area (Å²) in [6, 6.07) is 0. The largest absolute Gasteiger partial charge is 0.381 e. The summed E-state index contributed by atoms with van der Waals surface area (Å²) in [6.07, 6.45) is 3.70. The number of piperidine rings is 1. The van der Waals surface area contributed by atoms with Crippen LogP contribution in [-0.4, -0.2) is 56.4 Å². The molecule has 2 fully saturated rings. The predicted molar refractivity (Wildman–Crippen MR) is 81.9 cm³/mol. The average molecular weight is 298 g/mol. The number of ether oxygens (including phenoxy) is 2. The molecule has 0 atom stereocenters. The van der Waals surface area contributed by atoms with Gasteiger partial charge in [0.2, 0.25) is 5.91 Å². The number of carbonyl (C=O) groups excluding carboxylic acids is 1. The van der Waals surface area contributed by atoms with Gasteiger partial charge < -0.3 is 20.1 Å². The zero-order valence-corrected chi connectivity index (χ0v) is 13.5. The molecule has 0 spiro atoms. The number of nitrogens with zero attached hydrogens (tertiary/aromatic N) is 1. The topological polar surface area (TPSA) is 64.8 Å². The third-order valence-corrected chi connectivity index (χ3v) is 4.69. The van der Waals surface area contributed by atoms with E-state index in [2.05, 4.69) is 13.8 Å². The molecule has 0 aromatic heterocycles. The summed E-state index contributed by atoms with van der Waals surface area (Å²) >= 11 is 0. The highest BCUT2D eigenvalue weighted by molar-refractivity contribution is 5.83. The molecule has 0 radical (unpaired) electrons. The van der Waals surface area contributed by atoms with E-state index in [4.69, 9.17) is 15.2 Å². The van der Waals surface area contributed by atoms with E-state index in [0.29, 0.717) is 31.8 Å². The Morgan fingerprint density at radius 2 is 1.95 bits per heavy atom. The second-order valence-corrected chi connectivity index (χ2v) is 6.82. The predicted octanol–water partition coefficient (Wildman–Crippen LogP) is 1.41. The number of carbonyl (C=O) groups is 1. The highest BCUT2D eigenvalue weighted by Gasteiger charge is 2.42. The Hall–Kier alpha value is -0.650. The van der Waals surface area contributed by atoms with Gasteiger partial charge in [-0.1, -0.05) is 13.8 Å². The minimum Gasteiger partial charge on any atom is -0.381 e. The molecule has 0 aromatic carbocycles. The van der Waals surface area contributed by atoms with Crippen molar-refractivity contribution >= 4 is 5.91 Å². The van der Waals surface area contributed by atoms with E-state index in [-0.39, 0.29) is 11.3 Å². The van der Waals surface area contributed by atoms with Crippen molar-refractivity contribution in [1.29, 1.82) is 0 Å². The van der Waals surface area contributed by atoms with Gasteiger partial charge in [0.25, 0.3) is 0 Å². The van der Waals surface area contributed by atoms with Gasteiger partial charge in [0.1, 0.15) is 0 Å². The van der Waals surface area contributed by atoms with Gasteiger partial charge in [-0.05, 0) is 31.6 Å². The molecular formula is C16H30N2O3. The van der Waals surface area contributed by atoms with Gasteiger partial charge in [0.05, 0.1) is 11.5 Å². The fourth-order valence-electron chi connectivity index (χ4n) is 3.16. The Morgan fingerprint density at radius 1 is 1.33 bits per heavy atom. The molecule has 122 valence electrons. The van der Waals surface area contributed by atoms with E-state index in [1.54, 1.807) is 0 Å². The van der Waals surface area contributed by atoms with E-state index < -0.39 is 0 Å². The second kappa shape index (κ2) is 7.56. The van der Waals surface area contributed by atoms with E-state index in [1.165, 1.54) is 0 Å². The van der Waals surface area contributed by atoms with Crippen LogP contribution in [0.15, 0.2) is 0 Å². The van der Waals surface area contributed by atoms with E-state index in [9.17, 15) is 4.79 Å². The molecule has 5 nitrogen and oxygen atoms in total. The van der Waals surface area contributed by atoms with Gasteiger partial charge >= 0.3 is 0 Å². The number of hydrogen-bond donors (Lipinski definition) is 1. The monoisotopic (exact) mass is 298 g/mol. The Bertz CT molecular complexity index is 332. The third-order valence-electron chi connectivity index (χ3n) is 4.69. The first kappa shape index (κ1) is 16.7. The molecule has 21 heavy (non-hydrogen) atoms. The fourth-order valence-corrected chi connectivity index (χ4v) is 3.16. The van der Waals surface area contributed by atoms with Crippen LogP contribution in [-0.2, 0) is 14.3 Å². The van der Waals surface area contributed by atoms with Crippen LogP contribution in [0.1, 0.15) is 39.5 Å². The summed E-state index contributed by atoms with van der Waals surface area (Å²) in [5, 5.41) is 0. The molecule has 0 unspecified atom stereocenters. The second-order valence-electron chi connectivity index (χ2n) is 6.82. The van der Waals surface area contributed by atoms with E-state index in [1.807, 2.05) is 4.90 Å². The first-order valence-corrected chi connectivity index (χ1v) is 8.26.